The molecule has 2 aromatic rings. The maximum Gasteiger partial charge on any atom is 0.243 e. The van der Waals surface area contributed by atoms with Crippen LogP contribution in [0.4, 0.5) is 0 Å². The molecule has 1 aromatic heterocycles. The van der Waals surface area contributed by atoms with Gasteiger partial charge < -0.3 is 9.42 Å². The molecule has 0 unspecified atom stereocenters. The van der Waals surface area contributed by atoms with E-state index >= 15 is 0 Å². The van der Waals surface area contributed by atoms with E-state index in [9.17, 15) is 13.2 Å². The molecule has 1 aromatic carbocycles. The normalized spacial score (nSPS) is 18.6. The summed E-state index contributed by atoms with van der Waals surface area (Å²) in [5.74, 6) is 1.84. The van der Waals surface area contributed by atoms with Crippen molar-refractivity contribution in [1.82, 2.24) is 24.2 Å². The summed E-state index contributed by atoms with van der Waals surface area (Å²) in [7, 11) is -3.54. The lowest BCUT2D eigenvalue weighted by Crippen LogP contribution is -2.48. The number of aryl methyl sites for hydroxylation is 1. The Morgan fingerprint density at radius 1 is 1.09 bits per heavy atom. The van der Waals surface area contributed by atoms with Gasteiger partial charge in [-0.1, -0.05) is 23.7 Å². The highest BCUT2D eigenvalue weighted by molar-refractivity contribution is 7.89. The quantitative estimate of drug-likeness (QED) is 0.541. The molecular formula is C22H31Cl2N5O4S. The van der Waals surface area contributed by atoms with Gasteiger partial charge in [-0.25, -0.2) is 8.42 Å². The van der Waals surface area contributed by atoms with Crippen LogP contribution in [0, 0.1) is 5.92 Å². The molecule has 0 spiro atoms. The van der Waals surface area contributed by atoms with Crippen molar-refractivity contribution in [3.8, 4) is 0 Å². The number of carbonyl (C=O) groups is 1. The zero-order chi connectivity index (χ0) is 23.4. The highest BCUT2D eigenvalue weighted by atomic mass is 35.5. The van der Waals surface area contributed by atoms with Crippen LogP contribution >= 0.6 is 24.0 Å². The van der Waals surface area contributed by atoms with E-state index in [2.05, 4.69) is 22.0 Å². The number of amides is 1. The van der Waals surface area contributed by atoms with Crippen molar-refractivity contribution in [2.45, 2.75) is 44.0 Å². The Morgan fingerprint density at radius 3 is 2.38 bits per heavy atom. The van der Waals surface area contributed by atoms with Gasteiger partial charge in [0, 0.05) is 57.1 Å². The largest absolute Gasteiger partial charge is 0.343 e. The zero-order valence-corrected chi connectivity index (χ0v) is 21.6. The van der Waals surface area contributed by atoms with E-state index in [0.717, 1.165) is 25.9 Å². The first-order chi connectivity index (χ1) is 15.8. The third kappa shape index (κ3) is 6.69. The Hall–Kier alpha value is -1.72. The molecule has 0 bridgehead atoms. The van der Waals surface area contributed by atoms with Crippen LogP contribution in [0.5, 0.6) is 0 Å². The Morgan fingerprint density at radius 2 is 1.74 bits per heavy atom. The fourth-order valence-corrected chi connectivity index (χ4v) is 5.72. The van der Waals surface area contributed by atoms with Gasteiger partial charge in [-0.15, -0.1) is 12.4 Å². The molecule has 0 radical (unpaired) electrons. The minimum absolute atomic E-state index is 0. The summed E-state index contributed by atoms with van der Waals surface area (Å²) in [5, 5.41) is 4.54. The smallest absolute Gasteiger partial charge is 0.243 e. The van der Waals surface area contributed by atoms with Gasteiger partial charge in [-0.3, -0.25) is 9.69 Å². The zero-order valence-electron chi connectivity index (χ0n) is 19.2. The van der Waals surface area contributed by atoms with Crippen molar-refractivity contribution in [2.75, 3.05) is 39.3 Å². The molecule has 0 atom stereocenters. The Kier molecular flexibility index (Phi) is 9.34. The number of sulfonamides is 1. The molecule has 4 rings (SSSR count). The van der Waals surface area contributed by atoms with E-state index in [4.69, 9.17) is 16.1 Å². The highest BCUT2D eigenvalue weighted by Crippen LogP contribution is 2.21. The summed E-state index contributed by atoms with van der Waals surface area (Å²) in [4.78, 5) is 21.1. The lowest BCUT2D eigenvalue weighted by Gasteiger charge is -2.33. The topological polar surface area (TPSA) is 99.9 Å². The molecule has 188 valence electrons. The van der Waals surface area contributed by atoms with Crippen molar-refractivity contribution in [3.63, 3.8) is 0 Å². The number of carbonyl (C=O) groups excluding carboxylic acids is 1. The SMILES string of the molecule is CC1CCN(C(=O)CCc2nc(CN3CCN(S(=O)(=O)c4ccc(Cl)cc4)CC3)no2)CC1.Cl. The predicted molar refractivity (Wildman–Crippen MR) is 130 cm³/mol. The van der Waals surface area contributed by atoms with Crippen LogP contribution in [-0.2, 0) is 27.8 Å². The predicted octanol–water partition coefficient (Wildman–Crippen LogP) is 2.84. The van der Waals surface area contributed by atoms with Gasteiger partial charge in [0.15, 0.2) is 5.82 Å². The summed E-state index contributed by atoms with van der Waals surface area (Å²) in [6, 6.07) is 6.22. The number of hydrogen-bond acceptors (Lipinski definition) is 7. The van der Waals surface area contributed by atoms with Crippen LogP contribution in [0.25, 0.3) is 0 Å². The van der Waals surface area contributed by atoms with Gasteiger partial charge in [0.1, 0.15) is 0 Å². The van der Waals surface area contributed by atoms with Crippen molar-refractivity contribution >= 4 is 39.9 Å². The fourth-order valence-electron chi connectivity index (χ4n) is 4.17. The summed E-state index contributed by atoms with van der Waals surface area (Å²) in [6.45, 7) is 6.28. The van der Waals surface area contributed by atoms with Crippen molar-refractivity contribution in [2.24, 2.45) is 5.92 Å². The van der Waals surface area contributed by atoms with Gasteiger partial charge in [0.25, 0.3) is 0 Å². The molecule has 34 heavy (non-hydrogen) atoms. The molecule has 3 heterocycles. The van der Waals surface area contributed by atoms with Crippen LogP contribution in [0.1, 0.15) is 37.9 Å². The Balaban J connectivity index is 0.00000324. The number of hydrogen-bond donors (Lipinski definition) is 0. The molecule has 12 heteroatoms. The maximum absolute atomic E-state index is 12.8. The molecule has 0 aliphatic carbocycles. The van der Waals surface area contributed by atoms with Crippen molar-refractivity contribution < 1.29 is 17.7 Å². The molecule has 2 aliphatic heterocycles. The number of piperidine rings is 1. The fraction of sp³-hybridized carbons (Fsp3) is 0.591. The maximum atomic E-state index is 12.8. The number of benzene rings is 1. The van der Waals surface area contributed by atoms with Gasteiger partial charge in [-0.05, 0) is 43.0 Å². The van der Waals surface area contributed by atoms with Crippen LogP contribution in [0.2, 0.25) is 5.02 Å². The number of piperazine rings is 1. The monoisotopic (exact) mass is 531 g/mol. The summed E-state index contributed by atoms with van der Waals surface area (Å²) in [6.07, 6.45) is 2.93. The number of halogens is 2. The average Bonchev–Trinajstić information content (AvgIpc) is 3.26. The van der Waals surface area contributed by atoms with Gasteiger partial charge in [0.05, 0.1) is 11.4 Å². The van der Waals surface area contributed by atoms with Crippen molar-refractivity contribution in [3.05, 3.63) is 41.0 Å². The molecule has 9 nitrogen and oxygen atoms in total. The third-order valence-corrected chi connectivity index (χ3v) is 8.51. The van der Waals surface area contributed by atoms with Gasteiger partial charge >= 0.3 is 0 Å². The Bertz CT molecular complexity index is 1050. The van der Waals surface area contributed by atoms with E-state index < -0.39 is 10.0 Å². The van der Waals surface area contributed by atoms with Gasteiger partial charge in [-0.2, -0.15) is 9.29 Å². The van der Waals surface area contributed by atoms with Crippen LogP contribution in [0.15, 0.2) is 33.7 Å². The van der Waals surface area contributed by atoms with Crippen LogP contribution < -0.4 is 0 Å². The highest BCUT2D eigenvalue weighted by Gasteiger charge is 2.29. The third-order valence-electron chi connectivity index (χ3n) is 6.35. The lowest BCUT2D eigenvalue weighted by atomic mass is 9.99. The van der Waals surface area contributed by atoms with Crippen molar-refractivity contribution in [1.29, 1.82) is 0 Å². The van der Waals surface area contributed by atoms with E-state index in [0.29, 0.717) is 68.2 Å². The number of likely N-dealkylation sites (tertiary alicyclic amines) is 1. The van der Waals surface area contributed by atoms with E-state index in [1.807, 2.05) is 4.90 Å². The summed E-state index contributed by atoms with van der Waals surface area (Å²) in [5.41, 5.74) is 0. The summed E-state index contributed by atoms with van der Waals surface area (Å²) >= 11 is 5.87. The molecule has 2 fully saturated rings. The first-order valence-corrected chi connectivity index (χ1v) is 13.2. The Labute approximate surface area is 211 Å². The second-order valence-corrected chi connectivity index (χ2v) is 11.2. The number of nitrogens with zero attached hydrogens (tertiary/aromatic N) is 5. The standard InChI is InChI=1S/C22H30ClN5O4S.ClH/c1-17-8-10-27(11-9-17)22(29)7-6-21-24-20(25-32-21)16-26-12-14-28(15-13-26)33(30,31)19-4-2-18(23)3-5-19;/h2-5,17H,6-16H2,1H3;1H. The molecule has 2 aliphatic rings. The minimum atomic E-state index is -3.54. The van der Waals surface area contributed by atoms with Crippen LogP contribution in [0.3, 0.4) is 0 Å². The first-order valence-electron chi connectivity index (χ1n) is 11.4. The van der Waals surface area contributed by atoms with E-state index in [1.54, 1.807) is 12.1 Å². The van der Waals surface area contributed by atoms with E-state index in [1.165, 1.54) is 16.4 Å². The number of aromatic nitrogens is 2. The molecule has 1 amide bonds. The molecule has 2 saturated heterocycles. The molecular weight excluding hydrogens is 501 g/mol. The second-order valence-electron chi connectivity index (χ2n) is 8.80. The second kappa shape index (κ2) is 11.8. The average molecular weight is 532 g/mol. The lowest BCUT2D eigenvalue weighted by molar-refractivity contribution is -0.132. The first kappa shape index (κ1) is 26.9. The minimum Gasteiger partial charge on any atom is -0.343 e. The summed E-state index contributed by atoms with van der Waals surface area (Å²) < 4.78 is 32.5. The molecule has 0 N–H and O–H groups in total. The van der Waals surface area contributed by atoms with Crippen LogP contribution in [-0.4, -0.2) is 77.8 Å². The van der Waals surface area contributed by atoms with E-state index in [-0.39, 0.29) is 23.2 Å². The molecule has 0 saturated carbocycles. The van der Waals surface area contributed by atoms with Gasteiger partial charge in [0.2, 0.25) is 21.8 Å². The number of rotatable bonds is 7.